The Morgan fingerprint density at radius 2 is 1.20 bits per heavy atom. The van der Waals surface area contributed by atoms with Gasteiger partial charge in [-0.2, -0.15) is 12.1 Å². The van der Waals surface area contributed by atoms with E-state index in [1.165, 1.54) is 55.6 Å². The molecule has 6 aromatic carbocycles. The van der Waals surface area contributed by atoms with E-state index in [1.54, 1.807) is 0 Å². The molecule has 0 saturated heterocycles. The average molecular weight is 958 g/mol. The Bertz CT molecular complexity index is 3370. The number of benzene rings is 6. The van der Waals surface area contributed by atoms with Crippen LogP contribution in [0.5, 0.6) is 11.5 Å². The maximum absolute atomic E-state index is 6.90. The Hall–Kier alpha value is -5.80. The van der Waals surface area contributed by atoms with Crippen LogP contribution in [-0.2, 0) is 54.5 Å². The summed E-state index contributed by atoms with van der Waals surface area (Å²) in [5.74, 6) is 2.06. The number of aryl methyl sites for hydroxylation is 1. The van der Waals surface area contributed by atoms with Crippen LogP contribution in [0.1, 0.15) is 128 Å². The fourth-order valence-electron chi connectivity index (χ4n) is 10.9. The first-order valence-electron chi connectivity index (χ1n) is 23.1. The predicted molar refractivity (Wildman–Crippen MR) is 265 cm³/mol. The molecular formula is C60H58N4OPd-2. The summed E-state index contributed by atoms with van der Waals surface area (Å²) in [5, 5.41) is 2.24. The van der Waals surface area contributed by atoms with Crippen molar-refractivity contribution in [2.75, 3.05) is 0 Å². The van der Waals surface area contributed by atoms with Gasteiger partial charge in [0.1, 0.15) is 5.82 Å². The third-order valence-corrected chi connectivity index (χ3v) is 14.1. The summed E-state index contributed by atoms with van der Waals surface area (Å²) in [5.41, 5.74) is 17.3. The zero-order valence-electron chi connectivity index (χ0n) is 40.5. The van der Waals surface area contributed by atoms with Crippen LogP contribution in [0.15, 0.2) is 115 Å². The van der Waals surface area contributed by atoms with Gasteiger partial charge < -0.3 is 18.4 Å². The molecule has 1 spiro atoms. The number of rotatable bonds is 3. The Morgan fingerprint density at radius 3 is 1.80 bits per heavy atom. The van der Waals surface area contributed by atoms with E-state index in [-0.39, 0.29) is 42.1 Å². The van der Waals surface area contributed by atoms with E-state index in [4.69, 9.17) is 9.72 Å². The van der Waals surface area contributed by atoms with Gasteiger partial charge in [0.25, 0.3) is 0 Å². The second-order valence-corrected chi connectivity index (χ2v) is 22.6. The van der Waals surface area contributed by atoms with E-state index >= 15 is 0 Å². The zero-order chi connectivity index (χ0) is 45.7. The number of pyridine rings is 1. The second kappa shape index (κ2) is 14.6. The molecule has 1 aliphatic heterocycles. The maximum Gasteiger partial charge on any atom is 0.242 e. The monoisotopic (exact) mass is 956 g/mol. The Kier molecular flexibility index (Phi) is 9.75. The van der Waals surface area contributed by atoms with Crippen molar-refractivity contribution >= 4 is 32.8 Å². The molecule has 5 nitrogen and oxygen atoms in total. The topological polar surface area (TPSA) is 35.9 Å². The summed E-state index contributed by atoms with van der Waals surface area (Å²) in [6, 6.07) is 47.7. The predicted octanol–water partition coefficient (Wildman–Crippen LogP) is 14.0. The number of hydrogen-bond donors (Lipinski definition) is 0. The molecule has 0 saturated carbocycles. The molecule has 336 valence electrons. The Labute approximate surface area is 404 Å². The van der Waals surface area contributed by atoms with Crippen molar-refractivity contribution in [1.82, 2.24) is 14.1 Å². The van der Waals surface area contributed by atoms with Crippen molar-refractivity contribution in [3.8, 4) is 34.1 Å². The van der Waals surface area contributed by atoms with Crippen LogP contribution in [0, 0.1) is 18.5 Å². The molecule has 4 heterocycles. The largest absolute Gasteiger partial charge is 0.510 e. The van der Waals surface area contributed by atoms with Crippen LogP contribution < -0.4 is 9.30 Å². The molecular weight excluding hydrogens is 899 g/mol. The van der Waals surface area contributed by atoms with Gasteiger partial charge in [0.2, 0.25) is 6.33 Å². The molecule has 3 aromatic heterocycles. The molecule has 0 radical (unpaired) electrons. The average Bonchev–Trinajstić information content (AvgIpc) is 3.87. The van der Waals surface area contributed by atoms with Gasteiger partial charge in [-0.1, -0.05) is 161 Å². The van der Waals surface area contributed by atoms with Crippen molar-refractivity contribution in [3.05, 3.63) is 178 Å². The Balaban J connectivity index is 0.00000511. The summed E-state index contributed by atoms with van der Waals surface area (Å²) < 4.78 is 13.5. The molecule has 66 heavy (non-hydrogen) atoms. The van der Waals surface area contributed by atoms with Crippen molar-refractivity contribution in [3.63, 3.8) is 0 Å². The molecule has 0 unspecified atom stereocenters. The van der Waals surface area contributed by atoms with Crippen LogP contribution >= 0.6 is 0 Å². The summed E-state index contributed by atoms with van der Waals surface area (Å²) in [4.78, 5) is 4.75. The van der Waals surface area contributed by atoms with Crippen LogP contribution in [0.2, 0.25) is 0 Å². The fourth-order valence-corrected chi connectivity index (χ4v) is 10.9. The first-order chi connectivity index (χ1) is 30.7. The number of para-hydroxylation sites is 2. The number of aromatic nitrogens is 4. The van der Waals surface area contributed by atoms with Gasteiger partial charge in [-0.3, -0.25) is 0 Å². The molecule has 0 atom stereocenters. The molecule has 9 aromatic rings. The molecule has 2 aliphatic rings. The van der Waals surface area contributed by atoms with Crippen molar-refractivity contribution in [2.45, 2.75) is 110 Å². The minimum absolute atomic E-state index is 0. The first-order valence-corrected chi connectivity index (χ1v) is 23.1. The molecule has 6 heteroatoms. The summed E-state index contributed by atoms with van der Waals surface area (Å²) in [6.07, 6.45) is 5.57. The number of fused-ring (bicyclic) bond motifs is 12. The molecule has 1 aliphatic carbocycles. The van der Waals surface area contributed by atoms with Gasteiger partial charge in [-0.15, -0.1) is 35.2 Å². The quantitative estimate of drug-likeness (QED) is 0.100. The van der Waals surface area contributed by atoms with Crippen LogP contribution in [0.25, 0.3) is 55.5 Å². The smallest absolute Gasteiger partial charge is 0.242 e. The maximum atomic E-state index is 6.90. The zero-order valence-corrected chi connectivity index (χ0v) is 42.0. The summed E-state index contributed by atoms with van der Waals surface area (Å²) >= 11 is 0. The number of imidazole rings is 1. The van der Waals surface area contributed by atoms with E-state index in [0.717, 1.165) is 44.3 Å². The minimum Gasteiger partial charge on any atom is -0.510 e. The summed E-state index contributed by atoms with van der Waals surface area (Å²) in [6.45, 7) is 28.4. The van der Waals surface area contributed by atoms with Gasteiger partial charge in [-0.25, -0.2) is 4.98 Å². The summed E-state index contributed by atoms with van der Waals surface area (Å²) in [7, 11) is 2.11. The van der Waals surface area contributed by atoms with E-state index in [2.05, 4.69) is 207 Å². The van der Waals surface area contributed by atoms with Crippen LogP contribution in [0.4, 0.5) is 0 Å². The normalized spacial score (nSPS) is 14.1. The minimum atomic E-state index is -0.684. The SMILES string of the molecule is C[n+]1[c-]n2c3c(cccc31)C1(c3ccc(Oc4[c-]c5c(cc4)c4ccccc4n5-c4ccccn4)[c-]c3-2)c2c(cc(C(C)(C)C)cc2C(C)(C)C)-c2cc(C(C)(C)C)cc(C(C)(C)C)c21.[Pd]. The number of ether oxygens (including phenoxy) is 1. The van der Waals surface area contributed by atoms with E-state index < -0.39 is 5.41 Å². The van der Waals surface area contributed by atoms with Gasteiger partial charge in [0, 0.05) is 49.1 Å². The Morgan fingerprint density at radius 1 is 0.591 bits per heavy atom. The van der Waals surface area contributed by atoms with Crippen molar-refractivity contribution in [1.29, 1.82) is 0 Å². The van der Waals surface area contributed by atoms with Gasteiger partial charge in [-0.05, 0) is 95.3 Å². The number of hydrogen-bond acceptors (Lipinski definition) is 2. The fraction of sp³-hybridized carbons (Fsp3) is 0.300. The van der Waals surface area contributed by atoms with Crippen LogP contribution in [0.3, 0.4) is 0 Å². The van der Waals surface area contributed by atoms with Crippen LogP contribution in [-0.4, -0.2) is 14.1 Å². The van der Waals surface area contributed by atoms with Crippen molar-refractivity contribution in [2.24, 2.45) is 7.05 Å². The number of nitrogens with zero attached hydrogens (tertiary/aromatic N) is 4. The van der Waals surface area contributed by atoms with Gasteiger partial charge >= 0.3 is 0 Å². The molecule has 11 rings (SSSR count). The second-order valence-electron chi connectivity index (χ2n) is 22.6. The molecule has 0 amide bonds. The third-order valence-electron chi connectivity index (χ3n) is 14.1. The van der Waals surface area contributed by atoms with E-state index in [1.807, 2.05) is 30.5 Å². The van der Waals surface area contributed by atoms with Crippen molar-refractivity contribution < 1.29 is 29.7 Å². The van der Waals surface area contributed by atoms with Gasteiger partial charge in [0.05, 0.1) is 18.1 Å². The van der Waals surface area contributed by atoms with Gasteiger partial charge in [0.15, 0.2) is 0 Å². The molecule has 0 bridgehead atoms. The third kappa shape index (κ3) is 6.35. The molecule has 0 N–H and O–H groups in total. The van der Waals surface area contributed by atoms with E-state index in [9.17, 15) is 0 Å². The van der Waals surface area contributed by atoms with E-state index in [0.29, 0.717) is 11.5 Å². The standard InChI is InChI=1S/C60H58N4O.Pd/c1-56(2,3)36-29-42-43-30-37(57(4,5)6)32-47(59(10,11)12)54(43)60(53(42)46(31-36)58(7,8)9)44-27-25-39(34-51(44)63-35-62(13)49-22-18-20-45(60)55(49)63)65-38-24-26-41-40-19-14-15-21-48(40)64(50(41)33-38)52-23-16-17-28-61-52;/h14-32H,1-13H3;/q-2;. The molecule has 0 fully saturated rings. The first kappa shape index (κ1) is 44.1.